The first-order valence-corrected chi connectivity index (χ1v) is 11.9. The zero-order valence-electron chi connectivity index (χ0n) is 17.8. The monoisotopic (exact) mass is 443 g/mol. The molecule has 3 aliphatic rings. The maximum absolute atomic E-state index is 12.2. The fraction of sp³-hybridized carbons (Fsp3) is 0.500. The number of rotatable bonds is 6. The minimum atomic E-state index is -0.894. The molecule has 0 spiro atoms. The van der Waals surface area contributed by atoms with Crippen LogP contribution in [0.15, 0.2) is 40.8 Å². The molecule has 0 unspecified atom stereocenters. The van der Waals surface area contributed by atoms with E-state index >= 15 is 0 Å². The van der Waals surface area contributed by atoms with Gasteiger partial charge in [0.2, 0.25) is 5.91 Å². The van der Waals surface area contributed by atoms with Gasteiger partial charge in [0.05, 0.1) is 11.3 Å². The third-order valence-corrected chi connectivity index (χ3v) is 7.01. The van der Waals surface area contributed by atoms with Gasteiger partial charge in [-0.2, -0.15) is 11.8 Å². The summed E-state index contributed by atoms with van der Waals surface area (Å²) >= 11 is 1.82. The Morgan fingerprint density at radius 3 is 2.68 bits per heavy atom. The molecule has 0 saturated carbocycles. The molecule has 2 N–H and O–H groups in total. The van der Waals surface area contributed by atoms with Crippen LogP contribution in [0.4, 0.5) is 5.69 Å². The Morgan fingerprint density at radius 2 is 1.97 bits per heavy atom. The number of hydrogen-bond acceptors (Lipinski definition) is 7. The summed E-state index contributed by atoms with van der Waals surface area (Å²) in [5.41, 5.74) is 2.23. The summed E-state index contributed by atoms with van der Waals surface area (Å²) in [5.74, 6) is 1.94. The van der Waals surface area contributed by atoms with Gasteiger partial charge in [0, 0.05) is 62.7 Å². The lowest BCUT2D eigenvalue weighted by molar-refractivity contribution is -0.125. The molecule has 1 amide bonds. The third-order valence-electron chi connectivity index (χ3n) is 5.99. The highest BCUT2D eigenvalue weighted by molar-refractivity contribution is 7.99. The first-order chi connectivity index (χ1) is 15.0. The number of piperazine rings is 1. The van der Waals surface area contributed by atoms with Gasteiger partial charge in [0.25, 0.3) is 0 Å². The van der Waals surface area contributed by atoms with E-state index in [1.165, 1.54) is 0 Å². The molecule has 2 fully saturated rings. The van der Waals surface area contributed by atoms with E-state index in [1.54, 1.807) is 12.1 Å². The molecule has 0 aromatic heterocycles. The first kappa shape index (κ1) is 21.7. The summed E-state index contributed by atoms with van der Waals surface area (Å²) in [7, 11) is 0. The van der Waals surface area contributed by atoms with Crippen LogP contribution < -0.4 is 10.2 Å². The average molecular weight is 444 g/mol. The second kappa shape index (κ2) is 9.74. The summed E-state index contributed by atoms with van der Waals surface area (Å²) in [6.45, 7) is 7.52. The zero-order valence-corrected chi connectivity index (χ0v) is 18.6. The van der Waals surface area contributed by atoms with Crippen LogP contribution in [0.5, 0.6) is 0 Å². The zero-order chi connectivity index (χ0) is 21.8. The topological polar surface area (TPSA) is 88.5 Å². The maximum Gasteiger partial charge on any atom is 0.335 e. The molecule has 2 saturated heterocycles. The van der Waals surface area contributed by atoms with Crippen molar-refractivity contribution < 1.29 is 14.7 Å². The molecule has 1 aromatic rings. The minimum Gasteiger partial charge on any atom is -0.478 e. The van der Waals surface area contributed by atoms with Crippen LogP contribution in [0.2, 0.25) is 0 Å². The number of aromatic carboxylic acids is 1. The van der Waals surface area contributed by atoms with Crippen LogP contribution in [-0.4, -0.2) is 89.8 Å². The number of benzene rings is 1. The molecule has 31 heavy (non-hydrogen) atoms. The van der Waals surface area contributed by atoms with Gasteiger partial charge in [-0.25, -0.2) is 9.79 Å². The molecule has 9 heteroatoms. The Kier molecular flexibility index (Phi) is 6.82. The Balaban J connectivity index is 1.25. The van der Waals surface area contributed by atoms with E-state index in [1.807, 2.05) is 37.0 Å². The molecule has 4 rings (SSSR count). The predicted molar refractivity (Wildman–Crippen MR) is 124 cm³/mol. The number of carboxylic acids is 1. The fourth-order valence-electron chi connectivity index (χ4n) is 4.22. The summed E-state index contributed by atoms with van der Waals surface area (Å²) in [4.78, 5) is 34.8. The Morgan fingerprint density at radius 1 is 1.23 bits per heavy atom. The van der Waals surface area contributed by atoms with Crippen molar-refractivity contribution in [2.45, 2.75) is 19.4 Å². The van der Waals surface area contributed by atoms with Crippen LogP contribution in [0.3, 0.4) is 0 Å². The average Bonchev–Trinajstić information content (AvgIpc) is 2.79. The van der Waals surface area contributed by atoms with Crippen molar-refractivity contribution >= 4 is 35.5 Å². The molecule has 1 atom stereocenters. The van der Waals surface area contributed by atoms with Crippen molar-refractivity contribution in [1.29, 1.82) is 0 Å². The molecule has 3 heterocycles. The van der Waals surface area contributed by atoms with E-state index in [0.717, 1.165) is 74.4 Å². The molecule has 8 nitrogen and oxygen atoms in total. The summed E-state index contributed by atoms with van der Waals surface area (Å²) < 4.78 is 0. The summed E-state index contributed by atoms with van der Waals surface area (Å²) in [6, 6.07) is 6.99. The Bertz CT molecular complexity index is 878. The molecule has 3 aliphatic heterocycles. The van der Waals surface area contributed by atoms with E-state index in [-0.39, 0.29) is 11.9 Å². The van der Waals surface area contributed by atoms with Crippen molar-refractivity contribution in [3.63, 3.8) is 0 Å². The van der Waals surface area contributed by atoms with Crippen LogP contribution in [0.1, 0.15) is 23.7 Å². The van der Waals surface area contributed by atoms with E-state index in [4.69, 9.17) is 10.1 Å². The maximum atomic E-state index is 12.2. The van der Waals surface area contributed by atoms with Crippen molar-refractivity contribution in [3.8, 4) is 0 Å². The lowest BCUT2D eigenvalue weighted by Crippen LogP contribution is -2.54. The van der Waals surface area contributed by atoms with Gasteiger partial charge in [-0.3, -0.25) is 9.69 Å². The van der Waals surface area contributed by atoms with E-state index in [9.17, 15) is 9.59 Å². The van der Waals surface area contributed by atoms with Gasteiger partial charge in [0.15, 0.2) is 0 Å². The van der Waals surface area contributed by atoms with Crippen LogP contribution in [-0.2, 0) is 4.79 Å². The highest BCUT2D eigenvalue weighted by atomic mass is 32.2. The predicted octanol–water partition coefficient (Wildman–Crippen LogP) is 1.70. The molecule has 0 radical (unpaired) electrons. The van der Waals surface area contributed by atoms with Crippen LogP contribution in [0, 0.1) is 0 Å². The first-order valence-electron chi connectivity index (χ1n) is 10.7. The number of carbonyl (C=O) groups excluding carboxylic acids is 1. The van der Waals surface area contributed by atoms with Crippen molar-refractivity contribution in [2.75, 3.05) is 55.7 Å². The van der Waals surface area contributed by atoms with Crippen molar-refractivity contribution in [2.24, 2.45) is 4.99 Å². The van der Waals surface area contributed by atoms with Gasteiger partial charge in [0.1, 0.15) is 11.9 Å². The highest BCUT2D eigenvalue weighted by Gasteiger charge is 2.35. The quantitative estimate of drug-likeness (QED) is 0.647. The van der Waals surface area contributed by atoms with Crippen LogP contribution >= 0.6 is 11.8 Å². The smallest absolute Gasteiger partial charge is 0.335 e. The lowest BCUT2D eigenvalue weighted by Gasteiger charge is -2.40. The second-order valence-electron chi connectivity index (χ2n) is 8.00. The Hall–Kier alpha value is -2.52. The van der Waals surface area contributed by atoms with E-state index < -0.39 is 5.97 Å². The standard InChI is InChI=1S/C22H29N5O3S/c1-16-20(27-13-14-31-15-19(27)21(28)24-16)23-7-2-8-25-9-11-26(12-10-25)18-5-3-17(4-6-18)22(29)30/h3-7,19H,2,8-15H2,1H3,(H,24,28)(H,29,30)/t19-/m0/s1. The van der Waals surface area contributed by atoms with Gasteiger partial charge >= 0.3 is 5.97 Å². The van der Waals surface area contributed by atoms with Gasteiger partial charge < -0.3 is 20.2 Å². The molecular weight excluding hydrogens is 414 g/mol. The molecule has 0 bridgehead atoms. The summed E-state index contributed by atoms with van der Waals surface area (Å²) in [6.07, 6.45) is 2.84. The number of thioether (sulfide) groups is 1. The number of nitrogens with zero attached hydrogens (tertiary/aromatic N) is 4. The lowest BCUT2D eigenvalue weighted by atomic mass is 10.2. The van der Waals surface area contributed by atoms with Gasteiger partial charge in [-0.05, 0) is 37.6 Å². The number of hydrogen-bond donors (Lipinski definition) is 2. The van der Waals surface area contributed by atoms with Gasteiger partial charge in [-0.15, -0.1) is 0 Å². The SMILES string of the molecule is CC1=C(N=CCCN2CCN(c3ccc(C(=O)O)cc3)CC2)N2CCSC[C@H]2C(=O)N1. The number of anilines is 1. The summed E-state index contributed by atoms with van der Waals surface area (Å²) in [5, 5.41) is 12.0. The number of allylic oxidation sites excluding steroid dienone is 1. The minimum absolute atomic E-state index is 0.0825. The van der Waals surface area contributed by atoms with Crippen molar-refractivity contribution in [1.82, 2.24) is 15.1 Å². The van der Waals surface area contributed by atoms with Crippen molar-refractivity contribution in [3.05, 3.63) is 41.3 Å². The van der Waals surface area contributed by atoms with Gasteiger partial charge in [-0.1, -0.05) is 0 Å². The largest absolute Gasteiger partial charge is 0.478 e. The van der Waals surface area contributed by atoms with Crippen LogP contribution in [0.25, 0.3) is 0 Å². The number of aliphatic imine (C=N–C) groups is 1. The number of nitrogens with one attached hydrogen (secondary N) is 1. The highest BCUT2D eigenvalue weighted by Crippen LogP contribution is 2.26. The second-order valence-corrected chi connectivity index (χ2v) is 9.15. The van der Waals surface area contributed by atoms with E-state index in [2.05, 4.69) is 20.0 Å². The normalized spacial score (nSPS) is 22.6. The number of carboxylic acid groups (broad SMARTS) is 1. The molecule has 166 valence electrons. The fourth-order valence-corrected chi connectivity index (χ4v) is 5.27. The third kappa shape index (κ3) is 5.04. The number of amides is 1. The van der Waals surface area contributed by atoms with E-state index in [0.29, 0.717) is 5.56 Å². The molecule has 1 aromatic carbocycles. The Labute approximate surface area is 187 Å². The number of carbonyl (C=O) groups is 2. The molecular formula is C22H29N5O3S. The molecule has 0 aliphatic carbocycles. The number of fused-ring (bicyclic) bond motifs is 1.